The molecule has 0 saturated heterocycles. The van der Waals surface area contributed by atoms with Crippen LogP contribution in [0.25, 0.3) is 0 Å². The quantitative estimate of drug-likeness (QED) is 0.304. The first-order chi connectivity index (χ1) is 10.0. The number of ketones is 2. The highest BCUT2D eigenvalue weighted by Crippen LogP contribution is 2.28. The van der Waals surface area contributed by atoms with Crippen LogP contribution in [0, 0.1) is 0 Å². The first kappa shape index (κ1) is 16.4. The van der Waals surface area contributed by atoms with Crippen LogP contribution in [0.5, 0.6) is 11.5 Å². The van der Waals surface area contributed by atoms with Crippen LogP contribution in [-0.2, 0) is 19.1 Å². The van der Waals surface area contributed by atoms with E-state index in [1.165, 1.54) is 32.4 Å². The smallest absolute Gasteiger partial charge is 0.320 e. The van der Waals surface area contributed by atoms with Gasteiger partial charge in [0, 0.05) is 5.56 Å². The van der Waals surface area contributed by atoms with Crippen LogP contribution < -0.4 is 9.47 Å². The van der Waals surface area contributed by atoms with E-state index in [1.807, 2.05) is 0 Å². The van der Waals surface area contributed by atoms with Crippen molar-refractivity contribution < 1.29 is 33.4 Å². The third kappa shape index (κ3) is 4.72. The number of Topliss-reactive ketones (excluding diaryl/α,β-unsaturated/α-hetero) is 2. The zero-order valence-electron chi connectivity index (χ0n) is 11.6. The average molecular weight is 294 g/mol. The van der Waals surface area contributed by atoms with E-state index >= 15 is 0 Å². The van der Waals surface area contributed by atoms with Gasteiger partial charge in [-0.25, -0.2) is 0 Å². The summed E-state index contributed by atoms with van der Waals surface area (Å²) in [5.74, 6) is -1.29. The molecule has 1 aromatic rings. The van der Waals surface area contributed by atoms with Gasteiger partial charge in [-0.15, -0.1) is 0 Å². The van der Waals surface area contributed by atoms with Gasteiger partial charge >= 0.3 is 12.4 Å². The minimum Gasteiger partial charge on any atom is -0.493 e. The molecule has 1 aromatic carbocycles. The fourth-order valence-corrected chi connectivity index (χ4v) is 1.61. The molecule has 0 fully saturated rings. The van der Waals surface area contributed by atoms with Crippen LogP contribution in [0.4, 0.5) is 0 Å². The van der Waals surface area contributed by atoms with Gasteiger partial charge in [0.2, 0.25) is 0 Å². The number of hydrogen-bond acceptors (Lipinski definition) is 7. The monoisotopic (exact) mass is 294 g/mol. The van der Waals surface area contributed by atoms with Crippen molar-refractivity contribution in [3.8, 4) is 11.5 Å². The molecule has 7 nitrogen and oxygen atoms in total. The van der Waals surface area contributed by atoms with Crippen molar-refractivity contribution in [2.24, 2.45) is 0 Å². The number of carbonyl (C=O) groups is 4. The molecule has 7 heteroatoms. The Balaban J connectivity index is 2.73. The SMILES string of the molecule is COc1ccc(C(=O)CC(=O)CC(=O)OC=O)cc1OC. The first-order valence-electron chi connectivity index (χ1n) is 5.91. The summed E-state index contributed by atoms with van der Waals surface area (Å²) in [7, 11) is 2.88. The second-order valence-corrected chi connectivity index (χ2v) is 3.97. The van der Waals surface area contributed by atoms with Gasteiger partial charge in [0.15, 0.2) is 23.1 Å². The van der Waals surface area contributed by atoms with E-state index in [9.17, 15) is 19.2 Å². The van der Waals surface area contributed by atoms with Crippen LogP contribution in [0.1, 0.15) is 23.2 Å². The van der Waals surface area contributed by atoms with Gasteiger partial charge in [0.1, 0.15) is 6.42 Å². The molecule has 0 radical (unpaired) electrons. The van der Waals surface area contributed by atoms with Crippen LogP contribution in [0.15, 0.2) is 18.2 Å². The lowest BCUT2D eigenvalue weighted by Crippen LogP contribution is -2.14. The Kier molecular flexibility index (Phi) is 6.06. The second kappa shape index (κ2) is 7.78. The van der Waals surface area contributed by atoms with Crippen molar-refractivity contribution in [2.45, 2.75) is 12.8 Å². The minimum absolute atomic E-state index is 0.0637. The van der Waals surface area contributed by atoms with Crippen molar-refractivity contribution in [2.75, 3.05) is 14.2 Å². The van der Waals surface area contributed by atoms with Crippen LogP contribution >= 0.6 is 0 Å². The Labute approximate surface area is 120 Å². The number of carbonyl (C=O) groups excluding carboxylic acids is 4. The molecule has 112 valence electrons. The van der Waals surface area contributed by atoms with Crippen LogP contribution in [0.3, 0.4) is 0 Å². The molecule has 0 amide bonds. The molecule has 0 unspecified atom stereocenters. The Morgan fingerprint density at radius 1 is 1.05 bits per heavy atom. The summed E-state index contributed by atoms with van der Waals surface area (Å²) in [6.07, 6.45) is -1.10. The molecule has 0 heterocycles. The molecule has 0 saturated carbocycles. The summed E-state index contributed by atoms with van der Waals surface area (Å²) < 4.78 is 14.1. The van der Waals surface area contributed by atoms with Gasteiger partial charge in [-0.3, -0.25) is 19.2 Å². The molecular weight excluding hydrogens is 280 g/mol. The summed E-state index contributed by atoms with van der Waals surface area (Å²) >= 11 is 0. The largest absolute Gasteiger partial charge is 0.493 e. The number of rotatable bonds is 8. The van der Waals surface area contributed by atoms with Crippen molar-refractivity contribution in [1.82, 2.24) is 0 Å². The molecule has 0 aromatic heterocycles. The van der Waals surface area contributed by atoms with E-state index in [2.05, 4.69) is 4.74 Å². The lowest BCUT2D eigenvalue weighted by Gasteiger charge is -2.08. The third-order valence-electron chi connectivity index (χ3n) is 2.58. The highest BCUT2D eigenvalue weighted by Gasteiger charge is 2.17. The van der Waals surface area contributed by atoms with Gasteiger partial charge in [-0.2, -0.15) is 0 Å². The summed E-state index contributed by atoms with van der Waals surface area (Å²) in [6.45, 7) is -0.0637. The maximum Gasteiger partial charge on any atom is 0.320 e. The normalized spacial score (nSPS) is 9.62. The molecule has 0 aliphatic rings. The summed E-state index contributed by atoms with van der Waals surface area (Å²) in [6, 6.07) is 4.47. The molecule has 0 atom stereocenters. The molecule has 21 heavy (non-hydrogen) atoms. The van der Waals surface area contributed by atoms with Crippen LogP contribution in [0.2, 0.25) is 0 Å². The lowest BCUT2D eigenvalue weighted by atomic mass is 10.0. The third-order valence-corrected chi connectivity index (χ3v) is 2.58. The Hall–Kier alpha value is -2.70. The molecule has 0 aliphatic carbocycles. The van der Waals surface area contributed by atoms with Crippen molar-refractivity contribution >= 4 is 24.0 Å². The zero-order valence-corrected chi connectivity index (χ0v) is 11.6. The minimum atomic E-state index is -0.991. The van der Waals surface area contributed by atoms with Crippen molar-refractivity contribution in [1.29, 1.82) is 0 Å². The van der Waals surface area contributed by atoms with E-state index in [-0.39, 0.29) is 12.0 Å². The maximum absolute atomic E-state index is 11.9. The fourth-order valence-electron chi connectivity index (χ4n) is 1.61. The standard InChI is InChI=1S/C14H14O7/c1-19-12-4-3-9(5-13(12)20-2)11(17)6-10(16)7-14(18)21-8-15/h3-5,8H,6-7H2,1-2H3. The number of ether oxygens (including phenoxy) is 3. The molecular formula is C14H14O7. The molecule has 0 aliphatic heterocycles. The highest BCUT2D eigenvalue weighted by atomic mass is 16.6. The van der Waals surface area contributed by atoms with E-state index in [0.717, 1.165) is 0 Å². The molecule has 0 spiro atoms. The average Bonchev–Trinajstić information content (AvgIpc) is 2.46. The first-order valence-corrected chi connectivity index (χ1v) is 5.91. The molecule has 0 N–H and O–H groups in total. The van der Waals surface area contributed by atoms with E-state index in [1.54, 1.807) is 0 Å². The number of methoxy groups -OCH3 is 2. The van der Waals surface area contributed by atoms with Gasteiger partial charge in [0.25, 0.3) is 0 Å². The van der Waals surface area contributed by atoms with Gasteiger partial charge < -0.3 is 14.2 Å². The number of hydrogen-bond donors (Lipinski definition) is 0. The van der Waals surface area contributed by atoms with Crippen molar-refractivity contribution in [3.05, 3.63) is 23.8 Å². The van der Waals surface area contributed by atoms with E-state index in [0.29, 0.717) is 11.5 Å². The zero-order chi connectivity index (χ0) is 15.8. The van der Waals surface area contributed by atoms with Gasteiger partial charge in [0.05, 0.1) is 20.6 Å². The predicted molar refractivity (Wildman–Crippen MR) is 70.3 cm³/mol. The second-order valence-electron chi connectivity index (χ2n) is 3.97. The van der Waals surface area contributed by atoms with Gasteiger partial charge in [-0.1, -0.05) is 0 Å². The number of benzene rings is 1. The van der Waals surface area contributed by atoms with Crippen molar-refractivity contribution in [3.63, 3.8) is 0 Å². The van der Waals surface area contributed by atoms with Gasteiger partial charge in [-0.05, 0) is 18.2 Å². The summed E-state index contributed by atoms with van der Waals surface area (Å²) in [4.78, 5) is 44.3. The Bertz CT molecular complexity index is 562. The fraction of sp³-hybridized carbons (Fsp3) is 0.286. The summed E-state index contributed by atoms with van der Waals surface area (Å²) in [5.41, 5.74) is 0.254. The predicted octanol–water partition coefficient (Wildman–Crippen LogP) is 0.935. The maximum atomic E-state index is 11.9. The Morgan fingerprint density at radius 2 is 1.71 bits per heavy atom. The Morgan fingerprint density at radius 3 is 2.29 bits per heavy atom. The number of esters is 1. The summed E-state index contributed by atoms with van der Waals surface area (Å²) in [5, 5.41) is 0. The molecule has 0 bridgehead atoms. The molecule has 1 rings (SSSR count). The van der Waals surface area contributed by atoms with Crippen LogP contribution in [-0.4, -0.2) is 38.2 Å². The lowest BCUT2D eigenvalue weighted by molar-refractivity contribution is -0.152. The van der Waals surface area contributed by atoms with E-state index < -0.39 is 30.4 Å². The van der Waals surface area contributed by atoms with E-state index in [4.69, 9.17) is 9.47 Å². The topological polar surface area (TPSA) is 96.0 Å². The highest BCUT2D eigenvalue weighted by molar-refractivity contribution is 6.11.